The van der Waals surface area contributed by atoms with Crippen molar-refractivity contribution in [2.45, 2.75) is 26.3 Å². The number of halogens is 1. The van der Waals surface area contributed by atoms with Crippen molar-refractivity contribution in [1.29, 1.82) is 0 Å². The van der Waals surface area contributed by atoms with Crippen LogP contribution in [-0.2, 0) is 4.79 Å². The number of carbonyl (C=O) groups excluding carboxylic acids is 1. The van der Waals surface area contributed by atoms with Gasteiger partial charge in [-0.25, -0.2) is 4.79 Å². The van der Waals surface area contributed by atoms with Crippen molar-refractivity contribution >= 4 is 29.2 Å². The maximum absolute atomic E-state index is 12.0. The summed E-state index contributed by atoms with van der Waals surface area (Å²) in [7, 11) is 0. The Hall–Kier alpha value is -1.59. The minimum Gasteiger partial charge on any atom is -0.478 e. The van der Waals surface area contributed by atoms with Gasteiger partial charge in [0.25, 0.3) is 0 Å². The lowest BCUT2D eigenvalue weighted by atomic mass is 10.0. The Labute approximate surface area is 117 Å². The summed E-state index contributed by atoms with van der Waals surface area (Å²) >= 11 is 5.95. The highest BCUT2D eigenvalue weighted by Crippen LogP contribution is 2.24. The van der Waals surface area contributed by atoms with Gasteiger partial charge in [-0.05, 0) is 38.6 Å². The number of carbonyl (C=O) groups is 2. The molecule has 0 unspecified atom stereocenters. The summed E-state index contributed by atoms with van der Waals surface area (Å²) in [5.41, 5.74) is -0.264. The van der Waals surface area contributed by atoms with Crippen LogP contribution in [0, 0.1) is 0 Å². The van der Waals surface area contributed by atoms with E-state index in [9.17, 15) is 9.59 Å². The molecule has 1 amide bonds. The van der Waals surface area contributed by atoms with Crippen molar-refractivity contribution in [3.63, 3.8) is 0 Å². The predicted octanol–water partition coefficient (Wildman–Crippen LogP) is 2.36. The van der Waals surface area contributed by atoms with Gasteiger partial charge in [0.05, 0.1) is 21.8 Å². The molecule has 0 saturated carbocycles. The Morgan fingerprint density at radius 2 is 2.00 bits per heavy atom. The molecule has 0 aliphatic heterocycles. The van der Waals surface area contributed by atoms with Crippen molar-refractivity contribution in [2.75, 3.05) is 11.9 Å². The fourth-order valence-electron chi connectivity index (χ4n) is 1.55. The summed E-state index contributed by atoms with van der Waals surface area (Å²) in [5, 5.41) is 14.7. The molecule has 1 aromatic rings. The molecule has 0 atom stereocenters. The van der Waals surface area contributed by atoms with E-state index in [1.165, 1.54) is 18.2 Å². The third-order valence-electron chi connectivity index (χ3n) is 2.65. The van der Waals surface area contributed by atoms with Crippen molar-refractivity contribution in [3.05, 3.63) is 28.8 Å². The minimum absolute atomic E-state index is 0.0777. The van der Waals surface area contributed by atoms with Crippen LogP contribution in [0.2, 0.25) is 5.02 Å². The fourth-order valence-corrected chi connectivity index (χ4v) is 1.78. The van der Waals surface area contributed by atoms with Crippen molar-refractivity contribution in [3.8, 4) is 0 Å². The normalized spacial score (nSPS) is 11.2. The number of rotatable bonds is 5. The van der Waals surface area contributed by atoms with Gasteiger partial charge in [0, 0.05) is 0 Å². The number of amides is 1. The molecule has 104 valence electrons. The van der Waals surface area contributed by atoms with E-state index in [0.29, 0.717) is 12.2 Å². The van der Waals surface area contributed by atoms with Gasteiger partial charge in [-0.2, -0.15) is 0 Å². The predicted molar refractivity (Wildman–Crippen MR) is 74.8 cm³/mol. The second-order valence-corrected chi connectivity index (χ2v) is 5.02. The van der Waals surface area contributed by atoms with Crippen LogP contribution in [0.3, 0.4) is 0 Å². The van der Waals surface area contributed by atoms with Crippen LogP contribution in [0.5, 0.6) is 0 Å². The van der Waals surface area contributed by atoms with Crippen LogP contribution in [-0.4, -0.2) is 29.1 Å². The first-order valence-electron chi connectivity index (χ1n) is 5.87. The monoisotopic (exact) mass is 284 g/mol. The van der Waals surface area contributed by atoms with Gasteiger partial charge in [-0.15, -0.1) is 0 Å². The van der Waals surface area contributed by atoms with Crippen molar-refractivity contribution in [2.24, 2.45) is 0 Å². The molecule has 0 bridgehead atoms. The first-order valence-corrected chi connectivity index (χ1v) is 6.25. The maximum Gasteiger partial charge on any atom is 0.335 e. The Morgan fingerprint density at radius 1 is 1.37 bits per heavy atom. The number of likely N-dealkylation sites (N-methyl/N-ethyl adjacent to an activating group) is 1. The second kappa shape index (κ2) is 6.04. The molecule has 0 spiro atoms. The molecule has 0 saturated heterocycles. The number of hydrogen-bond donors (Lipinski definition) is 3. The third-order valence-corrected chi connectivity index (χ3v) is 2.96. The van der Waals surface area contributed by atoms with Crippen LogP contribution in [0.15, 0.2) is 18.2 Å². The van der Waals surface area contributed by atoms with E-state index in [1.54, 1.807) is 13.8 Å². The molecule has 1 aromatic carbocycles. The van der Waals surface area contributed by atoms with Crippen molar-refractivity contribution < 1.29 is 14.7 Å². The van der Waals surface area contributed by atoms with E-state index < -0.39 is 11.5 Å². The van der Waals surface area contributed by atoms with E-state index in [2.05, 4.69) is 10.6 Å². The van der Waals surface area contributed by atoms with Gasteiger partial charge in [-0.3, -0.25) is 4.79 Å². The van der Waals surface area contributed by atoms with Gasteiger partial charge in [-0.1, -0.05) is 18.5 Å². The third kappa shape index (κ3) is 3.94. The molecule has 0 fully saturated rings. The summed E-state index contributed by atoms with van der Waals surface area (Å²) < 4.78 is 0. The molecule has 1 rings (SSSR count). The average Bonchev–Trinajstić information content (AvgIpc) is 2.31. The average molecular weight is 285 g/mol. The molecule has 19 heavy (non-hydrogen) atoms. The van der Waals surface area contributed by atoms with Crippen LogP contribution in [0.1, 0.15) is 31.1 Å². The maximum atomic E-state index is 12.0. The summed E-state index contributed by atoms with van der Waals surface area (Å²) in [5.74, 6) is -1.30. The molecule has 0 heterocycles. The van der Waals surface area contributed by atoms with E-state index in [-0.39, 0.29) is 16.5 Å². The number of carboxylic acid groups (broad SMARTS) is 1. The zero-order valence-electron chi connectivity index (χ0n) is 11.1. The topological polar surface area (TPSA) is 78.4 Å². The van der Waals surface area contributed by atoms with Crippen LogP contribution in [0.25, 0.3) is 0 Å². The highest BCUT2D eigenvalue weighted by Gasteiger charge is 2.26. The Bertz CT molecular complexity index is 501. The number of hydrogen-bond acceptors (Lipinski definition) is 3. The highest BCUT2D eigenvalue weighted by atomic mass is 35.5. The van der Waals surface area contributed by atoms with E-state index in [0.717, 1.165) is 0 Å². The molecular formula is C13H17ClN2O3. The number of nitrogens with one attached hydrogen (secondary N) is 2. The molecule has 0 aromatic heterocycles. The Kier molecular flexibility index (Phi) is 4.91. The zero-order valence-corrected chi connectivity index (χ0v) is 11.8. The summed E-state index contributed by atoms with van der Waals surface area (Å²) in [6.07, 6.45) is 0. The Balaban J connectivity index is 2.89. The van der Waals surface area contributed by atoms with Gasteiger partial charge in [0.1, 0.15) is 0 Å². The number of aromatic carboxylic acids is 1. The number of carboxylic acids is 1. The lowest BCUT2D eigenvalue weighted by molar-refractivity contribution is -0.121. The van der Waals surface area contributed by atoms with Gasteiger partial charge < -0.3 is 15.7 Å². The molecule has 3 N–H and O–H groups in total. The van der Waals surface area contributed by atoms with Gasteiger partial charge >= 0.3 is 5.97 Å². The van der Waals surface area contributed by atoms with E-state index >= 15 is 0 Å². The molecule has 0 aliphatic rings. The summed E-state index contributed by atoms with van der Waals surface area (Å²) in [6, 6.07) is 4.18. The van der Waals surface area contributed by atoms with Crippen LogP contribution in [0.4, 0.5) is 5.69 Å². The lowest BCUT2D eigenvalue weighted by Gasteiger charge is -2.24. The fraction of sp³-hybridized carbons (Fsp3) is 0.385. The summed E-state index contributed by atoms with van der Waals surface area (Å²) in [4.78, 5) is 22.8. The Morgan fingerprint density at radius 3 is 2.47 bits per heavy atom. The second-order valence-electron chi connectivity index (χ2n) is 4.61. The quantitative estimate of drug-likeness (QED) is 0.776. The first kappa shape index (κ1) is 15.5. The smallest absolute Gasteiger partial charge is 0.335 e. The number of benzene rings is 1. The van der Waals surface area contributed by atoms with E-state index in [4.69, 9.17) is 16.7 Å². The van der Waals surface area contributed by atoms with E-state index in [1.807, 2.05) is 6.92 Å². The summed E-state index contributed by atoms with van der Waals surface area (Å²) in [6.45, 7) is 6.08. The largest absolute Gasteiger partial charge is 0.478 e. The van der Waals surface area contributed by atoms with Gasteiger partial charge in [0.15, 0.2) is 0 Å². The van der Waals surface area contributed by atoms with Crippen molar-refractivity contribution in [1.82, 2.24) is 5.32 Å². The van der Waals surface area contributed by atoms with Crippen LogP contribution >= 0.6 is 11.6 Å². The van der Waals surface area contributed by atoms with Crippen LogP contribution < -0.4 is 10.6 Å². The first-order chi connectivity index (χ1) is 8.77. The van der Waals surface area contributed by atoms with Gasteiger partial charge in [0.2, 0.25) is 5.91 Å². The molecule has 0 radical (unpaired) electrons. The zero-order chi connectivity index (χ0) is 14.6. The number of anilines is 1. The minimum atomic E-state index is -1.06. The highest BCUT2D eigenvalue weighted by molar-refractivity contribution is 6.34. The lowest BCUT2D eigenvalue weighted by Crippen LogP contribution is -2.49. The molecular weight excluding hydrogens is 268 g/mol. The molecule has 0 aliphatic carbocycles. The molecule has 6 heteroatoms. The SMILES string of the molecule is CCNC(C)(C)C(=O)Nc1ccc(C(=O)O)cc1Cl. The standard InChI is InChI=1S/C13H17ClN2O3/c1-4-15-13(2,3)12(19)16-10-6-5-8(11(17)18)7-9(10)14/h5-7,15H,4H2,1-3H3,(H,16,19)(H,17,18). The molecule has 5 nitrogen and oxygen atoms in total.